The van der Waals surface area contributed by atoms with E-state index < -0.39 is 0 Å². The number of benzene rings is 2. The third-order valence-electron chi connectivity index (χ3n) is 4.96. The summed E-state index contributed by atoms with van der Waals surface area (Å²) in [5, 5.41) is 0. The molecule has 0 fully saturated rings. The zero-order valence-corrected chi connectivity index (χ0v) is 16.2. The molecule has 0 N–H and O–H groups in total. The lowest BCUT2D eigenvalue weighted by molar-refractivity contribution is -0.119. The molecule has 2 heterocycles. The highest BCUT2D eigenvalue weighted by Crippen LogP contribution is 2.41. The van der Waals surface area contributed by atoms with E-state index >= 15 is 0 Å². The molecule has 1 atom stereocenters. The molecule has 0 aliphatic carbocycles. The van der Waals surface area contributed by atoms with Gasteiger partial charge in [0.05, 0.1) is 26.7 Å². The molecule has 2 aliphatic rings. The second-order valence-corrected chi connectivity index (χ2v) is 7.32. The van der Waals surface area contributed by atoms with Gasteiger partial charge < -0.3 is 14.4 Å². The number of nitrogens with zero attached hydrogens (tertiary/aromatic N) is 2. The zero-order valence-electron chi connectivity index (χ0n) is 14.7. The van der Waals surface area contributed by atoms with E-state index in [4.69, 9.17) is 9.47 Å². The summed E-state index contributed by atoms with van der Waals surface area (Å²) in [6.07, 6.45) is 1.24. The topological polar surface area (TPSA) is 51.1 Å². The van der Waals surface area contributed by atoms with Gasteiger partial charge in [0.15, 0.2) is 11.5 Å². The van der Waals surface area contributed by atoms with Crippen molar-refractivity contribution in [2.24, 2.45) is 4.99 Å². The van der Waals surface area contributed by atoms with Crippen LogP contribution in [0.2, 0.25) is 0 Å². The number of methoxy groups -OCH3 is 2. The lowest BCUT2D eigenvalue weighted by atomic mass is 9.88. The zero-order chi connectivity index (χ0) is 18.3. The van der Waals surface area contributed by atoms with Crippen LogP contribution in [0.4, 0.5) is 0 Å². The van der Waals surface area contributed by atoms with Crippen LogP contribution in [0.1, 0.15) is 29.2 Å². The summed E-state index contributed by atoms with van der Waals surface area (Å²) in [6.45, 7) is 0.811. The Bertz CT molecular complexity index is 910. The minimum absolute atomic E-state index is 0.0301. The third-order valence-corrected chi connectivity index (χ3v) is 5.45. The van der Waals surface area contributed by atoms with Crippen molar-refractivity contribution in [2.75, 3.05) is 20.8 Å². The predicted octanol–water partition coefficient (Wildman–Crippen LogP) is 3.74. The van der Waals surface area contributed by atoms with Crippen LogP contribution in [-0.4, -0.2) is 37.4 Å². The molecule has 0 bridgehead atoms. The van der Waals surface area contributed by atoms with Gasteiger partial charge in [-0.05, 0) is 41.8 Å². The monoisotopic (exact) mass is 414 g/mol. The van der Waals surface area contributed by atoms with Crippen LogP contribution in [0.5, 0.6) is 11.5 Å². The van der Waals surface area contributed by atoms with E-state index in [2.05, 4.69) is 25.8 Å². The first-order valence-corrected chi connectivity index (χ1v) is 9.29. The highest BCUT2D eigenvalue weighted by molar-refractivity contribution is 9.10. The van der Waals surface area contributed by atoms with E-state index in [-0.39, 0.29) is 11.9 Å². The fraction of sp³-hybridized carbons (Fsp3) is 0.300. The fourth-order valence-electron chi connectivity index (χ4n) is 3.75. The van der Waals surface area contributed by atoms with E-state index in [1.54, 1.807) is 14.2 Å². The lowest BCUT2D eigenvalue weighted by Crippen LogP contribution is -2.44. The average molecular weight is 415 g/mol. The molecule has 0 saturated carbocycles. The Labute approximate surface area is 160 Å². The normalized spacial score (nSPS) is 18.7. The first kappa shape index (κ1) is 17.1. The van der Waals surface area contributed by atoms with Gasteiger partial charge in [-0.3, -0.25) is 4.79 Å². The third kappa shape index (κ3) is 2.88. The van der Waals surface area contributed by atoms with Crippen LogP contribution in [0.3, 0.4) is 0 Å². The Balaban J connectivity index is 1.79. The first-order chi connectivity index (χ1) is 12.6. The molecule has 0 spiro atoms. The number of rotatable bonds is 3. The van der Waals surface area contributed by atoms with Crippen LogP contribution < -0.4 is 9.47 Å². The molecule has 2 aliphatic heterocycles. The highest BCUT2D eigenvalue weighted by Gasteiger charge is 2.36. The van der Waals surface area contributed by atoms with Crippen molar-refractivity contribution in [3.05, 3.63) is 57.6 Å². The quantitative estimate of drug-likeness (QED) is 0.767. The molecule has 6 heteroatoms. The molecule has 26 heavy (non-hydrogen) atoms. The molecule has 0 aromatic heterocycles. The summed E-state index contributed by atoms with van der Waals surface area (Å²) in [6, 6.07) is 11.9. The number of amidine groups is 1. The molecule has 2 aromatic rings. The van der Waals surface area contributed by atoms with E-state index in [1.807, 2.05) is 36.4 Å². The Morgan fingerprint density at radius 3 is 2.65 bits per heavy atom. The van der Waals surface area contributed by atoms with Gasteiger partial charge in [-0.2, -0.15) is 4.99 Å². The number of fused-ring (bicyclic) bond motifs is 3. The molecule has 0 saturated heterocycles. The highest BCUT2D eigenvalue weighted by atomic mass is 79.9. The van der Waals surface area contributed by atoms with Crippen LogP contribution in [0.25, 0.3) is 0 Å². The Hall–Kier alpha value is -2.34. The summed E-state index contributed by atoms with van der Waals surface area (Å²) < 4.78 is 11.9. The van der Waals surface area contributed by atoms with Gasteiger partial charge in [0.25, 0.3) is 0 Å². The van der Waals surface area contributed by atoms with Crippen molar-refractivity contribution < 1.29 is 14.3 Å². The van der Waals surface area contributed by atoms with Crippen LogP contribution in [0, 0.1) is 0 Å². The number of halogens is 1. The number of amides is 1. The number of aliphatic imine (C=N–C) groups is 1. The van der Waals surface area contributed by atoms with Crippen molar-refractivity contribution in [3.63, 3.8) is 0 Å². The van der Waals surface area contributed by atoms with E-state index in [0.29, 0.717) is 12.2 Å². The predicted molar refractivity (Wildman–Crippen MR) is 103 cm³/mol. The number of carbonyl (C=O) groups excluding carboxylic acids is 1. The fourth-order valence-corrected chi connectivity index (χ4v) is 4.15. The maximum Gasteiger partial charge on any atom is 0.250 e. The van der Waals surface area contributed by atoms with E-state index in [9.17, 15) is 4.79 Å². The molecule has 134 valence electrons. The summed E-state index contributed by atoms with van der Waals surface area (Å²) in [7, 11) is 3.27. The smallest absolute Gasteiger partial charge is 0.250 e. The van der Waals surface area contributed by atoms with Crippen molar-refractivity contribution >= 4 is 27.7 Å². The van der Waals surface area contributed by atoms with Crippen LogP contribution in [-0.2, 0) is 11.2 Å². The standard InChI is InChI=1S/C20H19BrN2O3/c1-25-17-9-12-6-7-23-16(15(12)10-18(17)26-2)11-19(24)22-20(23)13-4-3-5-14(21)8-13/h3-5,8-10,16H,6-7,11H2,1-2H3. The van der Waals surface area contributed by atoms with Gasteiger partial charge in [0, 0.05) is 16.6 Å². The van der Waals surface area contributed by atoms with Crippen molar-refractivity contribution in [3.8, 4) is 11.5 Å². The Kier molecular flexibility index (Phi) is 4.44. The van der Waals surface area contributed by atoms with Gasteiger partial charge in [0.2, 0.25) is 5.91 Å². The van der Waals surface area contributed by atoms with Gasteiger partial charge in [-0.15, -0.1) is 0 Å². The molecule has 1 unspecified atom stereocenters. The number of carbonyl (C=O) groups is 1. The summed E-state index contributed by atoms with van der Waals surface area (Å²) in [4.78, 5) is 19.0. The Morgan fingerprint density at radius 2 is 1.92 bits per heavy atom. The summed E-state index contributed by atoms with van der Waals surface area (Å²) in [5.41, 5.74) is 3.26. The number of ether oxygens (including phenoxy) is 2. The Morgan fingerprint density at radius 1 is 1.15 bits per heavy atom. The van der Waals surface area contributed by atoms with E-state index in [0.717, 1.165) is 40.2 Å². The number of hydrogen-bond donors (Lipinski definition) is 0. The lowest BCUT2D eigenvalue weighted by Gasteiger charge is -2.41. The van der Waals surface area contributed by atoms with Crippen molar-refractivity contribution in [1.82, 2.24) is 4.90 Å². The number of hydrogen-bond acceptors (Lipinski definition) is 4. The molecule has 0 radical (unpaired) electrons. The van der Waals surface area contributed by atoms with E-state index in [1.165, 1.54) is 5.56 Å². The van der Waals surface area contributed by atoms with Crippen molar-refractivity contribution in [2.45, 2.75) is 18.9 Å². The second-order valence-electron chi connectivity index (χ2n) is 6.41. The molecule has 5 nitrogen and oxygen atoms in total. The molecule has 1 amide bonds. The van der Waals surface area contributed by atoms with Crippen LogP contribution >= 0.6 is 15.9 Å². The van der Waals surface area contributed by atoms with Crippen LogP contribution in [0.15, 0.2) is 45.9 Å². The maximum absolute atomic E-state index is 12.4. The van der Waals surface area contributed by atoms with Gasteiger partial charge >= 0.3 is 0 Å². The van der Waals surface area contributed by atoms with Crippen molar-refractivity contribution in [1.29, 1.82) is 0 Å². The molecular weight excluding hydrogens is 396 g/mol. The minimum Gasteiger partial charge on any atom is -0.493 e. The molecule has 4 rings (SSSR count). The van der Waals surface area contributed by atoms with Gasteiger partial charge in [0.1, 0.15) is 5.84 Å². The SMILES string of the molecule is COc1cc2c(cc1OC)C1CC(=O)N=C(c3cccc(Br)c3)N1CC2. The molecule has 2 aromatic carbocycles. The summed E-state index contributed by atoms with van der Waals surface area (Å²) >= 11 is 3.50. The maximum atomic E-state index is 12.4. The second kappa shape index (κ2) is 6.76. The minimum atomic E-state index is -0.0936. The summed E-state index contributed by atoms with van der Waals surface area (Å²) in [5.74, 6) is 2.06. The molecular formula is C20H19BrN2O3. The van der Waals surface area contributed by atoms with Gasteiger partial charge in [-0.25, -0.2) is 0 Å². The first-order valence-electron chi connectivity index (χ1n) is 8.49. The van der Waals surface area contributed by atoms with Gasteiger partial charge in [-0.1, -0.05) is 28.1 Å². The average Bonchev–Trinajstić information content (AvgIpc) is 2.66. The largest absolute Gasteiger partial charge is 0.493 e.